The molecule has 1 atom stereocenters. The Morgan fingerprint density at radius 1 is 1.21 bits per heavy atom. The van der Waals surface area contributed by atoms with E-state index in [1.54, 1.807) is 16.8 Å². The minimum Gasteiger partial charge on any atom is -0.490 e. The molecular formula is C24H24ClN5O3. The lowest BCUT2D eigenvalue weighted by Gasteiger charge is -2.29. The molecule has 5 rings (SSSR count). The molecule has 0 fully saturated rings. The van der Waals surface area contributed by atoms with Crippen LogP contribution < -0.4 is 20.1 Å². The monoisotopic (exact) mass is 465 g/mol. The molecule has 3 heterocycles. The second kappa shape index (κ2) is 8.78. The summed E-state index contributed by atoms with van der Waals surface area (Å²) in [5.41, 5.74) is 2.60. The first-order valence-electron chi connectivity index (χ1n) is 10.9. The van der Waals surface area contributed by atoms with Crippen molar-refractivity contribution >= 4 is 29.1 Å². The first kappa shape index (κ1) is 21.3. The summed E-state index contributed by atoms with van der Waals surface area (Å²) in [7, 11) is 0. The number of amides is 1. The zero-order chi connectivity index (χ0) is 22.9. The zero-order valence-corrected chi connectivity index (χ0v) is 19.1. The van der Waals surface area contributed by atoms with Crippen LogP contribution in [0.4, 0.5) is 11.6 Å². The molecule has 33 heavy (non-hydrogen) atoms. The highest BCUT2D eigenvalue weighted by Crippen LogP contribution is 2.40. The van der Waals surface area contributed by atoms with E-state index in [1.807, 2.05) is 44.2 Å². The van der Waals surface area contributed by atoms with Gasteiger partial charge in [0.2, 0.25) is 5.95 Å². The van der Waals surface area contributed by atoms with E-state index in [1.165, 1.54) is 0 Å². The predicted molar refractivity (Wildman–Crippen MR) is 126 cm³/mol. The topological polar surface area (TPSA) is 90.3 Å². The number of fused-ring (bicyclic) bond motifs is 2. The Morgan fingerprint density at radius 3 is 2.79 bits per heavy atom. The van der Waals surface area contributed by atoms with Gasteiger partial charge in [-0.1, -0.05) is 36.7 Å². The van der Waals surface area contributed by atoms with Crippen molar-refractivity contribution in [3.63, 3.8) is 0 Å². The van der Waals surface area contributed by atoms with Crippen LogP contribution in [0.2, 0.25) is 5.02 Å². The number of halogens is 1. The Labute approximate surface area is 196 Å². The van der Waals surface area contributed by atoms with E-state index in [-0.39, 0.29) is 5.91 Å². The largest absolute Gasteiger partial charge is 0.490 e. The van der Waals surface area contributed by atoms with Gasteiger partial charge in [0.05, 0.1) is 29.5 Å². The van der Waals surface area contributed by atoms with E-state index in [0.29, 0.717) is 64.9 Å². The molecule has 0 aliphatic carbocycles. The summed E-state index contributed by atoms with van der Waals surface area (Å²) in [6, 6.07) is 12.4. The van der Waals surface area contributed by atoms with Gasteiger partial charge in [0, 0.05) is 18.5 Å². The molecule has 0 saturated heterocycles. The first-order chi connectivity index (χ1) is 16.0. The molecule has 2 aromatic carbocycles. The van der Waals surface area contributed by atoms with E-state index in [4.69, 9.17) is 21.1 Å². The number of aromatic nitrogens is 3. The Morgan fingerprint density at radius 2 is 2.00 bits per heavy atom. The molecule has 1 amide bonds. The van der Waals surface area contributed by atoms with E-state index in [0.717, 1.165) is 12.0 Å². The zero-order valence-electron chi connectivity index (χ0n) is 18.4. The van der Waals surface area contributed by atoms with Gasteiger partial charge in [-0.2, -0.15) is 10.1 Å². The summed E-state index contributed by atoms with van der Waals surface area (Å²) in [6.07, 6.45) is 1.49. The number of aryl methyl sites for hydroxylation is 1. The quantitative estimate of drug-likeness (QED) is 0.586. The van der Waals surface area contributed by atoms with Crippen LogP contribution in [-0.4, -0.2) is 33.9 Å². The second-order valence-electron chi connectivity index (χ2n) is 7.91. The summed E-state index contributed by atoms with van der Waals surface area (Å²) in [6.45, 7) is 5.04. The van der Waals surface area contributed by atoms with Crippen molar-refractivity contribution in [2.24, 2.45) is 0 Å². The Balaban J connectivity index is 1.60. The fourth-order valence-corrected chi connectivity index (χ4v) is 4.23. The van der Waals surface area contributed by atoms with Crippen molar-refractivity contribution in [3.05, 3.63) is 70.1 Å². The number of nitrogens with zero attached hydrogens (tertiary/aromatic N) is 3. The molecule has 0 radical (unpaired) electrons. The smallest absolute Gasteiger partial charge is 0.255 e. The highest BCUT2D eigenvalue weighted by Gasteiger charge is 2.35. The third-order valence-electron chi connectivity index (χ3n) is 5.67. The average molecular weight is 466 g/mol. The maximum absolute atomic E-state index is 13.6. The maximum atomic E-state index is 13.6. The van der Waals surface area contributed by atoms with Gasteiger partial charge in [0.1, 0.15) is 6.04 Å². The predicted octanol–water partition coefficient (Wildman–Crippen LogP) is 4.58. The van der Waals surface area contributed by atoms with Crippen molar-refractivity contribution in [1.29, 1.82) is 0 Å². The molecule has 170 valence electrons. The van der Waals surface area contributed by atoms with Crippen LogP contribution in [0.5, 0.6) is 11.5 Å². The number of ether oxygens (including phenoxy) is 2. The molecule has 1 aromatic heterocycles. The van der Waals surface area contributed by atoms with E-state index in [9.17, 15) is 4.79 Å². The lowest BCUT2D eigenvalue weighted by Crippen LogP contribution is -2.31. The van der Waals surface area contributed by atoms with E-state index < -0.39 is 6.04 Å². The SMILES string of the molecule is CCc1nc2n(n1)C(c1ccc3c(c1)OCCCO3)C(C(=O)Nc1ccccc1Cl)=C(C)N2. The highest BCUT2D eigenvalue weighted by molar-refractivity contribution is 6.33. The normalized spacial score (nSPS) is 17.1. The van der Waals surface area contributed by atoms with Crippen LogP contribution in [-0.2, 0) is 11.2 Å². The van der Waals surface area contributed by atoms with Crippen molar-refractivity contribution in [1.82, 2.24) is 14.8 Å². The van der Waals surface area contributed by atoms with Crippen molar-refractivity contribution in [2.75, 3.05) is 23.8 Å². The van der Waals surface area contributed by atoms with Gasteiger partial charge < -0.3 is 20.1 Å². The number of para-hydroxylation sites is 1. The third-order valence-corrected chi connectivity index (χ3v) is 6.00. The van der Waals surface area contributed by atoms with Crippen LogP contribution in [0.15, 0.2) is 53.7 Å². The van der Waals surface area contributed by atoms with E-state index >= 15 is 0 Å². The minimum atomic E-state index is -0.506. The summed E-state index contributed by atoms with van der Waals surface area (Å²) < 4.78 is 13.5. The second-order valence-corrected chi connectivity index (χ2v) is 8.31. The molecular weight excluding hydrogens is 442 g/mol. The number of hydrogen-bond donors (Lipinski definition) is 2. The standard InChI is InChI=1S/C24H24ClN5O3/c1-3-20-28-24-26-14(2)21(23(31)27-17-8-5-4-7-16(17)25)22(30(24)29-20)15-9-10-18-19(13-15)33-12-6-11-32-18/h4-5,7-10,13,22H,3,6,11-12H2,1-2H3,(H,27,31)(H,26,28,29). The average Bonchev–Trinajstić information content (AvgIpc) is 3.07. The molecule has 2 aliphatic heterocycles. The molecule has 1 unspecified atom stereocenters. The molecule has 9 heteroatoms. The minimum absolute atomic E-state index is 0.274. The van der Waals surface area contributed by atoms with Gasteiger partial charge in [-0.25, -0.2) is 4.68 Å². The lowest BCUT2D eigenvalue weighted by molar-refractivity contribution is -0.113. The highest BCUT2D eigenvalue weighted by atomic mass is 35.5. The number of carbonyl (C=O) groups is 1. The van der Waals surface area contributed by atoms with Gasteiger partial charge >= 0.3 is 0 Å². The summed E-state index contributed by atoms with van der Waals surface area (Å²) in [5, 5.41) is 11.3. The van der Waals surface area contributed by atoms with Crippen molar-refractivity contribution < 1.29 is 14.3 Å². The van der Waals surface area contributed by atoms with E-state index in [2.05, 4.69) is 20.7 Å². The fraction of sp³-hybridized carbons (Fsp3) is 0.292. The molecule has 3 aromatic rings. The van der Waals surface area contributed by atoms with Crippen LogP contribution in [0.1, 0.15) is 37.7 Å². The number of rotatable bonds is 4. The molecule has 2 N–H and O–H groups in total. The summed E-state index contributed by atoms with van der Waals surface area (Å²) in [5.74, 6) is 2.36. The lowest BCUT2D eigenvalue weighted by atomic mass is 9.94. The van der Waals surface area contributed by atoms with Gasteiger partial charge in [-0.05, 0) is 36.8 Å². The van der Waals surface area contributed by atoms with Crippen LogP contribution in [0.3, 0.4) is 0 Å². The number of benzene rings is 2. The van der Waals surface area contributed by atoms with Crippen LogP contribution >= 0.6 is 11.6 Å². The molecule has 0 bridgehead atoms. The number of allylic oxidation sites excluding steroid dienone is 1. The maximum Gasteiger partial charge on any atom is 0.255 e. The molecule has 0 saturated carbocycles. The molecule has 0 spiro atoms. The van der Waals surface area contributed by atoms with Gasteiger partial charge in [0.15, 0.2) is 17.3 Å². The Kier molecular flexibility index (Phi) is 5.68. The number of nitrogens with one attached hydrogen (secondary N) is 2. The van der Waals surface area contributed by atoms with Gasteiger partial charge in [-0.15, -0.1) is 0 Å². The summed E-state index contributed by atoms with van der Waals surface area (Å²) in [4.78, 5) is 18.1. The number of carbonyl (C=O) groups excluding carboxylic acids is 1. The van der Waals surface area contributed by atoms with Crippen molar-refractivity contribution in [2.45, 2.75) is 32.7 Å². The third kappa shape index (κ3) is 4.02. The van der Waals surface area contributed by atoms with Gasteiger partial charge in [-0.3, -0.25) is 4.79 Å². The Bertz CT molecular complexity index is 1250. The van der Waals surface area contributed by atoms with Crippen LogP contribution in [0, 0.1) is 0 Å². The Hall–Kier alpha value is -3.52. The number of hydrogen-bond acceptors (Lipinski definition) is 6. The molecule has 2 aliphatic rings. The van der Waals surface area contributed by atoms with Crippen molar-refractivity contribution in [3.8, 4) is 11.5 Å². The van der Waals surface area contributed by atoms with Crippen LogP contribution in [0.25, 0.3) is 0 Å². The summed E-state index contributed by atoms with van der Waals surface area (Å²) >= 11 is 6.29. The fourth-order valence-electron chi connectivity index (χ4n) is 4.05. The first-order valence-corrected chi connectivity index (χ1v) is 11.3. The number of anilines is 2. The van der Waals surface area contributed by atoms with Gasteiger partial charge in [0.25, 0.3) is 5.91 Å². The molecule has 8 nitrogen and oxygen atoms in total.